The smallest absolute Gasteiger partial charge is 0.329 e. The van der Waals surface area contributed by atoms with Crippen molar-refractivity contribution in [2.45, 2.75) is 30.7 Å². The topological polar surface area (TPSA) is 66.4 Å². The highest BCUT2D eigenvalue weighted by Crippen LogP contribution is 2.48. The first-order valence-corrected chi connectivity index (χ1v) is 8.56. The fourth-order valence-electron chi connectivity index (χ4n) is 3.00. The number of aliphatic carboxylic acids is 1. The van der Waals surface area contributed by atoms with Crippen molar-refractivity contribution in [2.75, 3.05) is 11.5 Å². The molecular formula is C16H18FNO3S. The molecule has 1 aliphatic heterocycles. The number of nitrogens with one attached hydrogen (secondary N) is 1. The van der Waals surface area contributed by atoms with Crippen LogP contribution in [0.1, 0.15) is 30.7 Å². The van der Waals surface area contributed by atoms with E-state index in [1.807, 2.05) is 0 Å². The fraction of sp³-hybridized carbons (Fsp3) is 0.500. The Kier molecular flexibility index (Phi) is 4.12. The van der Waals surface area contributed by atoms with Gasteiger partial charge in [-0.25, -0.2) is 9.18 Å². The van der Waals surface area contributed by atoms with Crippen molar-refractivity contribution >= 4 is 23.6 Å². The summed E-state index contributed by atoms with van der Waals surface area (Å²) < 4.78 is 12.9. The summed E-state index contributed by atoms with van der Waals surface area (Å²) in [6, 6.07) is 6.16. The number of benzene rings is 1. The van der Waals surface area contributed by atoms with Crippen molar-refractivity contribution in [1.82, 2.24) is 5.32 Å². The lowest BCUT2D eigenvalue weighted by molar-refractivity contribution is -0.148. The molecule has 0 aromatic heterocycles. The highest BCUT2D eigenvalue weighted by Gasteiger charge is 2.48. The van der Waals surface area contributed by atoms with Crippen molar-refractivity contribution in [2.24, 2.45) is 5.92 Å². The lowest BCUT2D eigenvalue weighted by Crippen LogP contribution is -2.57. The Bertz CT molecular complexity index is 584. The summed E-state index contributed by atoms with van der Waals surface area (Å²) in [7, 11) is 0. The molecule has 1 amide bonds. The van der Waals surface area contributed by atoms with Crippen LogP contribution in [0.15, 0.2) is 24.3 Å². The molecule has 1 aliphatic carbocycles. The van der Waals surface area contributed by atoms with E-state index in [0.717, 1.165) is 17.1 Å². The molecule has 0 radical (unpaired) electrons. The van der Waals surface area contributed by atoms with Crippen molar-refractivity contribution in [3.05, 3.63) is 35.6 Å². The third kappa shape index (κ3) is 2.97. The molecule has 2 atom stereocenters. The van der Waals surface area contributed by atoms with Crippen LogP contribution in [0.2, 0.25) is 0 Å². The van der Waals surface area contributed by atoms with E-state index in [0.29, 0.717) is 19.3 Å². The summed E-state index contributed by atoms with van der Waals surface area (Å²) in [6.07, 6.45) is 1.63. The minimum Gasteiger partial charge on any atom is -0.480 e. The average molecular weight is 323 g/mol. The number of rotatable bonds is 4. The van der Waals surface area contributed by atoms with Gasteiger partial charge in [0.15, 0.2) is 0 Å². The first-order chi connectivity index (χ1) is 10.5. The summed E-state index contributed by atoms with van der Waals surface area (Å²) in [5.41, 5.74) is -0.178. The number of hydrogen-bond donors (Lipinski definition) is 2. The maximum atomic E-state index is 12.9. The van der Waals surface area contributed by atoms with Gasteiger partial charge in [-0.2, -0.15) is 11.8 Å². The van der Waals surface area contributed by atoms with E-state index in [1.54, 1.807) is 23.9 Å². The molecule has 1 saturated carbocycles. The van der Waals surface area contributed by atoms with Crippen LogP contribution in [0.25, 0.3) is 0 Å². The number of hydrogen-bond acceptors (Lipinski definition) is 3. The molecule has 0 bridgehead atoms. The molecular weight excluding hydrogens is 305 g/mol. The molecule has 2 N–H and O–H groups in total. The minimum atomic E-state index is -1.11. The van der Waals surface area contributed by atoms with E-state index in [-0.39, 0.29) is 23.6 Å². The quantitative estimate of drug-likeness (QED) is 0.893. The number of halogens is 1. The van der Waals surface area contributed by atoms with Crippen LogP contribution in [0.4, 0.5) is 4.39 Å². The molecule has 22 heavy (non-hydrogen) atoms. The van der Waals surface area contributed by atoms with E-state index in [4.69, 9.17) is 0 Å². The van der Waals surface area contributed by atoms with Gasteiger partial charge < -0.3 is 10.4 Å². The fourth-order valence-corrected chi connectivity index (χ4v) is 4.19. The first-order valence-electron chi connectivity index (χ1n) is 7.40. The zero-order chi connectivity index (χ0) is 15.7. The van der Waals surface area contributed by atoms with Gasteiger partial charge in [-0.1, -0.05) is 12.1 Å². The van der Waals surface area contributed by atoms with Crippen LogP contribution in [0, 0.1) is 11.7 Å². The number of carbonyl (C=O) groups excluding carboxylic acids is 1. The van der Waals surface area contributed by atoms with Crippen LogP contribution in [0.3, 0.4) is 0 Å². The molecule has 118 valence electrons. The van der Waals surface area contributed by atoms with Gasteiger partial charge in [0.2, 0.25) is 5.91 Å². The van der Waals surface area contributed by atoms with Gasteiger partial charge in [0, 0.05) is 5.92 Å². The lowest BCUT2D eigenvalue weighted by atomic mass is 9.92. The minimum absolute atomic E-state index is 0.0735. The summed E-state index contributed by atoms with van der Waals surface area (Å²) in [6.45, 7) is 0. The molecule has 1 aromatic rings. The molecule has 1 heterocycles. The van der Waals surface area contributed by atoms with Crippen molar-refractivity contribution in [1.29, 1.82) is 0 Å². The summed E-state index contributed by atoms with van der Waals surface area (Å²) in [4.78, 5) is 24.0. The third-order valence-electron chi connectivity index (χ3n) is 4.54. The second kappa shape index (κ2) is 5.91. The monoisotopic (exact) mass is 323 g/mol. The molecule has 1 saturated heterocycles. The second-order valence-corrected chi connectivity index (χ2v) is 7.21. The average Bonchev–Trinajstić information content (AvgIpc) is 3.29. The zero-order valence-corrected chi connectivity index (χ0v) is 12.9. The molecule has 6 heteroatoms. The number of amides is 1. The molecule has 2 aliphatic rings. The molecule has 0 spiro atoms. The van der Waals surface area contributed by atoms with E-state index < -0.39 is 11.5 Å². The Labute approximate surface area is 132 Å². The van der Waals surface area contributed by atoms with E-state index >= 15 is 0 Å². The normalized spacial score (nSPS) is 26.2. The predicted octanol–water partition coefficient (Wildman–Crippen LogP) is 2.40. The molecule has 2 unspecified atom stereocenters. The van der Waals surface area contributed by atoms with Gasteiger partial charge in [-0.05, 0) is 54.4 Å². The molecule has 2 fully saturated rings. The van der Waals surface area contributed by atoms with Crippen LogP contribution in [0.5, 0.6) is 0 Å². The van der Waals surface area contributed by atoms with Gasteiger partial charge in [0.05, 0.1) is 0 Å². The van der Waals surface area contributed by atoms with Crippen molar-refractivity contribution < 1.29 is 19.1 Å². The van der Waals surface area contributed by atoms with E-state index in [2.05, 4.69) is 5.32 Å². The Morgan fingerprint density at radius 1 is 1.23 bits per heavy atom. The van der Waals surface area contributed by atoms with Crippen LogP contribution < -0.4 is 5.32 Å². The van der Waals surface area contributed by atoms with Crippen LogP contribution in [-0.2, 0) is 9.59 Å². The summed E-state index contributed by atoms with van der Waals surface area (Å²) in [5.74, 6) is -0.0588. The molecule has 4 nitrogen and oxygen atoms in total. The predicted molar refractivity (Wildman–Crippen MR) is 82.3 cm³/mol. The number of carboxylic acid groups (broad SMARTS) is 1. The Morgan fingerprint density at radius 2 is 1.86 bits per heavy atom. The Hall–Kier alpha value is -1.56. The molecule has 1 aromatic carbocycles. The number of thioether (sulfide) groups is 1. The summed E-state index contributed by atoms with van der Waals surface area (Å²) >= 11 is 1.71. The Morgan fingerprint density at radius 3 is 2.45 bits per heavy atom. The van der Waals surface area contributed by atoms with Crippen LogP contribution in [-0.4, -0.2) is 34.0 Å². The third-order valence-corrected chi connectivity index (χ3v) is 5.53. The zero-order valence-electron chi connectivity index (χ0n) is 12.0. The number of carboxylic acids is 1. The van der Waals surface area contributed by atoms with Crippen molar-refractivity contribution in [3.8, 4) is 0 Å². The van der Waals surface area contributed by atoms with Gasteiger partial charge in [0.1, 0.15) is 11.4 Å². The highest BCUT2D eigenvalue weighted by molar-refractivity contribution is 7.99. The second-order valence-electron chi connectivity index (χ2n) is 5.99. The first kappa shape index (κ1) is 15.3. The van der Waals surface area contributed by atoms with Crippen LogP contribution >= 0.6 is 11.8 Å². The van der Waals surface area contributed by atoms with E-state index in [9.17, 15) is 19.1 Å². The van der Waals surface area contributed by atoms with Gasteiger partial charge in [-0.3, -0.25) is 4.79 Å². The maximum absolute atomic E-state index is 12.9. The highest BCUT2D eigenvalue weighted by atomic mass is 32.2. The molecule has 3 rings (SSSR count). The number of carbonyl (C=O) groups is 2. The maximum Gasteiger partial charge on any atom is 0.329 e. The van der Waals surface area contributed by atoms with Gasteiger partial charge in [-0.15, -0.1) is 0 Å². The SMILES string of the molecule is O=C(NC1(C(=O)O)CCSCC1)C1CC1c1ccc(F)cc1. The van der Waals surface area contributed by atoms with Gasteiger partial charge in [0.25, 0.3) is 0 Å². The summed E-state index contributed by atoms with van der Waals surface area (Å²) in [5, 5.41) is 12.3. The lowest BCUT2D eigenvalue weighted by Gasteiger charge is -2.33. The van der Waals surface area contributed by atoms with Crippen molar-refractivity contribution in [3.63, 3.8) is 0 Å². The van der Waals surface area contributed by atoms with Gasteiger partial charge >= 0.3 is 5.97 Å². The standard InChI is InChI=1S/C16H18FNO3S/c17-11-3-1-10(2-4-11)12-9-13(12)14(19)18-16(15(20)21)5-7-22-8-6-16/h1-4,12-13H,5-9H2,(H,18,19)(H,20,21). The Balaban J connectivity index is 1.65. The largest absolute Gasteiger partial charge is 0.480 e. The van der Waals surface area contributed by atoms with E-state index in [1.165, 1.54) is 12.1 Å².